The number of carbonyl (C=O) groups is 1. The van der Waals surface area contributed by atoms with Crippen LogP contribution >= 0.6 is 15.9 Å². The van der Waals surface area contributed by atoms with Crippen LogP contribution in [-0.4, -0.2) is 50.6 Å². The second-order valence-corrected chi connectivity index (χ2v) is 7.67. The number of rotatable bonds is 9. The van der Waals surface area contributed by atoms with E-state index >= 15 is 0 Å². The topological polar surface area (TPSA) is 92.7 Å². The van der Waals surface area contributed by atoms with E-state index in [1.807, 2.05) is 0 Å². The Labute approximate surface area is 188 Å². The number of esters is 1. The molecule has 166 valence electrons. The van der Waals surface area contributed by atoms with Gasteiger partial charge in [0.2, 0.25) is 12.5 Å². The molecule has 2 atom stereocenters. The molecule has 0 fully saturated rings. The fourth-order valence-corrected chi connectivity index (χ4v) is 3.41. The van der Waals surface area contributed by atoms with Crippen LogP contribution in [0.3, 0.4) is 0 Å². The Balaban J connectivity index is 1.59. The van der Waals surface area contributed by atoms with Crippen molar-refractivity contribution in [2.75, 3.05) is 34.7 Å². The Morgan fingerprint density at radius 1 is 1.10 bits per heavy atom. The van der Waals surface area contributed by atoms with Gasteiger partial charge in [-0.15, -0.1) is 0 Å². The van der Waals surface area contributed by atoms with E-state index in [9.17, 15) is 9.90 Å². The number of benzene rings is 2. The van der Waals surface area contributed by atoms with Crippen LogP contribution in [0.2, 0.25) is 0 Å². The number of alkyl halides is 1. The summed E-state index contributed by atoms with van der Waals surface area (Å²) in [5.74, 6) is 2.05. The molecule has 3 rings (SSSR count). The molecule has 0 aromatic heterocycles. The summed E-state index contributed by atoms with van der Waals surface area (Å²) in [5, 5.41) is 10.5. The van der Waals surface area contributed by atoms with Crippen molar-refractivity contribution >= 4 is 28.0 Å². The van der Waals surface area contributed by atoms with Crippen molar-refractivity contribution in [3.63, 3.8) is 0 Å². The van der Waals surface area contributed by atoms with Crippen LogP contribution in [0.5, 0.6) is 28.7 Å². The summed E-state index contributed by atoms with van der Waals surface area (Å²) in [6.45, 7) is 0.122. The Bertz CT molecular complexity index is 934. The summed E-state index contributed by atoms with van der Waals surface area (Å²) in [4.78, 5) is 11.6. The van der Waals surface area contributed by atoms with Crippen molar-refractivity contribution < 1.29 is 38.3 Å². The SMILES string of the molecule is COc1cc(/C=C/C(=O)OC[C@H](Br)[C@H](O)c2ccc3c(c2)OCO3)cc(OC)c1OC. The summed E-state index contributed by atoms with van der Waals surface area (Å²) >= 11 is 3.37. The molecule has 0 bridgehead atoms. The van der Waals surface area contributed by atoms with Gasteiger partial charge < -0.3 is 33.5 Å². The molecule has 0 radical (unpaired) electrons. The molecule has 2 aromatic rings. The molecule has 0 amide bonds. The van der Waals surface area contributed by atoms with E-state index < -0.39 is 16.9 Å². The molecule has 0 aliphatic carbocycles. The van der Waals surface area contributed by atoms with Gasteiger partial charge in [0.25, 0.3) is 0 Å². The average molecular weight is 495 g/mol. The van der Waals surface area contributed by atoms with E-state index in [-0.39, 0.29) is 13.4 Å². The van der Waals surface area contributed by atoms with Crippen molar-refractivity contribution in [3.8, 4) is 28.7 Å². The number of aliphatic hydroxyl groups is 1. The second kappa shape index (κ2) is 10.4. The van der Waals surface area contributed by atoms with Gasteiger partial charge in [-0.25, -0.2) is 4.79 Å². The van der Waals surface area contributed by atoms with Gasteiger partial charge in [-0.05, 0) is 41.5 Å². The molecule has 8 nitrogen and oxygen atoms in total. The van der Waals surface area contributed by atoms with Gasteiger partial charge in [0.05, 0.1) is 32.3 Å². The maximum atomic E-state index is 12.1. The highest BCUT2D eigenvalue weighted by atomic mass is 79.9. The van der Waals surface area contributed by atoms with E-state index in [0.717, 1.165) is 0 Å². The fourth-order valence-electron chi connectivity index (χ4n) is 2.97. The number of hydrogen-bond acceptors (Lipinski definition) is 8. The van der Waals surface area contributed by atoms with E-state index in [4.69, 9.17) is 28.4 Å². The van der Waals surface area contributed by atoms with Gasteiger partial charge in [0, 0.05) is 6.08 Å². The molecule has 1 heterocycles. The van der Waals surface area contributed by atoms with E-state index in [2.05, 4.69) is 15.9 Å². The van der Waals surface area contributed by atoms with Gasteiger partial charge in [-0.2, -0.15) is 0 Å². The van der Waals surface area contributed by atoms with E-state index in [1.54, 1.807) is 36.4 Å². The molecule has 0 saturated heterocycles. The maximum absolute atomic E-state index is 12.1. The van der Waals surface area contributed by atoms with Gasteiger partial charge in [-0.3, -0.25) is 0 Å². The van der Waals surface area contributed by atoms with Crippen LogP contribution in [0.15, 0.2) is 36.4 Å². The Morgan fingerprint density at radius 3 is 2.42 bits per heavy atom. The largest absolute Gasteiger partial charge is 0.493 e. The summed E-state index contributed by atoms with van der Waals surface area (Å²) < 4.78 is 31.7. The lowest BCUT2D eigenvalue weighted by Gasteiger charge is -2.17. The van der Waals surface area contributed by atoms with Crippen LogP contribution in [0.25, 0.3) is 6.08 Å². The average Bonchev–Trinajstić information content (AvgIpc) is 3.27. The molecule has 0 saturated carbocycles. The molecule has 9 heteroatoms. The highest BCUT2D eigenvalue weighted by Gasteiger charge is 2.23. The molecular formula is C22H23BrO8. The lowest BCUT2D eigenvalue weighted by molar-refractivity contribution is -0.138. The van der Waals surface area contributed by atoms with Crippen LogP contribution in [0, 0.1) is 0 Å². The Morgan fingerprint density at radius 2 is 1.77 bits per heavy atom. The molecule has 0 spiro atoms. The Hall–Kier alpha value is -2.91. The molecule has 2 aromatic carbocycles. The highest BCUT2D eigenvalue weighted by molar-refractivity contribution is 9.09. The first-order valence-corrected chi connectivity index (χ1v) is 10.2. The van der Waals surface area contributed by atoms with Crippen molar-refractivity contribution in [2.45, 2.75) is 10.9 Å². The summed E-state index contributed by atoms with van der Waals surface area (Å²) in [6.07, 6.45) is 1.96. The number of hydrogen-bond donors (Lipinski definition) is 1. The highest BCUT2D eigenvalue weighted by Crippen LogP contribution is 2.38. The number of methoxy groups -OCH3 is 3. The summed E-state index contributed by atoms with van der Waals surface area (Å²) in [5.41, 5.74) is 1.29. The Kier molecular flexibility index (Phi) is 7.64. The summed E-state index contributed by atoms with van der Waals surface area (Å²) in [7, 11) is 4.54. The third kappa shape index (κ3) is 5.42. The van der Waals surface area contributed by atoms with Gasteiger partial charge in [0.15, 0.2) is 23.0 Å². The number of fused-ring (bicyclic) bond motifs is 1. The van der Waals surface area contributed by atoms with Crippen molar-refractivity contribution in [1.29, 1.82) is 0 Å². The van der Waals surface area contributed by atoms with Crippen molar-refractivity contribution in [1.82, 2.24) is 0 Å². The van der Waals surface area contributed by atoms with Crippen LogP contribution < -0.4 is 23.7 Å². The number of carbonyl (C=O) groups excluding carboxylic acids is 1. The lowest BCUT2D eigenvalue weighted by Crippen LogP contribution is -2.20. The molecule has 31 heavy (non-hydrogen) atoms. The predicted octanol–water partition coefficient (Wildman–Crippen LogP) is 3.49. The molecular weight excluding hydrogens is 472 g/mol. The first-order chi connectivity index (χ1) is 15.0. The molecule has 1 aliphatic heterocycles. The normalized spacial score (nSPS) is 14.2. The zero-order chi connectivity index (χ0) is 22.4. The zero-order valence-corrected chi connectivity index (χ0v) is 18.9. The number of halogens is 1. The quantitative estimate of drug-likeness (QED) is 0.321. The second-order valence-electron chi connectivity index (χ2n) is 6.50. The third-order valence-corrected chi connectivity index (χ3v) is 5.33. The van der Waals surface area contributed by atoms with E-state index in [0.29, 0.717) is 39.9 Å². The maximum Gasteiger partial charge on any atom is 0.330 e. The third-order valence-electron chi connectivity index (χ3n) is 4.56. The fraction of sp³-hybridized carbons (Fsp3) is 0.318. The molecule has 0 unspecified atom stereocenters. The first-order valence-electron chi connectivity index (χ1n) is 9.33. The predicted molar refractivity (Wildman–Crippen MR) is 116 cm³/mol. The minimum Gasteiger partial charge on any atom is -0.493 e. The summed E-state index contributed by atoms with van der Waals surface area (Å²) in [6, 6.07) is 8.59. The van der Waals surface area contributed by atoms with Gasteiger partial charge in [0.1, 0.15) is 6.61 Å². The van der Waals surface area contributed by atoms with Gasteiger partial charge >= 0.3 is 5.97 Å². The molecule has 1 N–H and O–H groups in total. The van der Waals surface area contributed by atoms with Crippen LogP contribution in [-0.2, 0) is 9.53 Å². The van der Waals surface area contributed by atoms with Crippen LogP contribution in [0.1, 0.15) is 17.2 Å². The first kappa shape index (κ1) is 22.8. The van der Waals surface area contributed by atoms with Crippen LogP contribution in [0.4, 0.5) is 0 Å². The molecule has 1 aliphatic rings. The smallest absolute Gasteiger partial charge is 0.330 e. The zero-order valence-electron chi connectivity index (χ0n) is 17.3. The van der Waals surface area contributed by atoms with Crippen molar-refractivity contribution in [3.05, 3.63) is 47.5 Å². The lowest BCUT2D eigenvalue weighted by atomic mass is 10.1. The van der Waals surface area contributed by atoms with E-state index in [1.165, 1.54) is 27.4 Å². The number of aliphatic hydroxyl groups excluding tert-OH is 1. The minimum atomic E-state index is -0.901. The standard InChI is InChI=1S/C22H23BrO8/c1-26-18-8-13(9-19(27-2)22(18)28-3)4-7-20(24)29-11-15(23)21(25)14-5-6-16-17(10-14)31-12-30-16/h4-10,15,21,25H,11-12H2,1-3H3/b7-4+/t15-,21+/m0/s1. The number of ether oxygens (including phenoxy) is 6. The minimum absolute atomic E-state index is 0.0337. The van der Waals surface area contributed by atoms with Gasteiger partial charge in [-0.1, -0.05) is 22.0 Å². The van der Waals surface area contributed by atoms with Crippen molar-refractivity contribution in [2.24, 2.45) is 0 Å². The monoisotopic (exact) mass is 494 g/mol.